The summed E-state index contributed by atoms with van der Waals surface area (Å²) in [5.74, 6) is -0.300. The van der Waals surface area contributed by atoms with E-state index >= 15 is 0 Å². The first-order valence-corrected chi connectivity index (χ1v) is 8.47. The Hall–Kier alpha value is -3.40. The van der Waals surface area contributed by atoms with E-state index in [1.807, 2.05) is 30.3 Å². The van der Waals surface area contributed by atoms with E-state index in [0.29, 0.717) is 17.2 Å². The molecule has 0 saturated heterocycles. The third kappa shape index (κ3) is 5.54. The molecule has 1 aromatic heterocycles. The van der Waals surface area contributed by atoms with Crippen molar-refractivity contribution in [3.63, 3.8) is 0 Å². The van der Waals surface area contributed by atoms with Crippen LogP contribution in [0.25, 0.3) is 6.08 Å². The summed E-state index contributed by atoms with van der Waals surface area (Å²) in [4.78, 5) is 24.3. The zero-order chi connectivity index (χ0) is 20.0. The van der Waals surface area contributed by atoms with E-state index in [1.165, 1.54) is 19.1 Å². The number of nitriles is 1. The number of nitrogens with one attached hydrogen (secondary N) is 1. The molecule has 1 atom stereocenters. The summed E-state index contributed by atoms with van der Waals surface area (Å²) in [5, 5.41) is 15.3. The number of aryl methyl sites for hydroxylation is 1. The van der Waals surface area contributed by atoms with Crippen LogP contribution in [0.5, 0.6) is 0 Å². The number of carbonyl (C=O) groups is 2. The Balaban J connectivity index is 2.03. The molecule has 140 valence electrons. The molecule has 0 aliphatic heterocycles. The van der Waals surface area contributed by atoms with Gasteiger partial charge in [0.05, 0.1) is 0 Å². The van der Waals surface area contributed by atoms with E-state index < -0.39 is 18.0 Å². The Bertz CT molecular complexity index is 889. The molecule has 2 rings (SSSR count). The van der Waals surface area contributed by atoms with Crippen molar-refractivity contribution in [2.24, 2.45) is 0 Å². The average Bonchev–Trinajstić information content (AvgIpc) is 3.04. The first-order valence-electron chi connectivity index (χ1n) is 8.47. The molecular weight excluding hydrogens is 346 g/mol. The standard InChI is InChI=1S/C20H21N3O4/c1-12(2)16-7-5-15(6-8-16)10-17(11-21)20(25)26-14(4)19(24)22-18-9-13(3)27-23-18/h5-10,12,14H,1-4H3,(H,22,23,24)/b17-10+/t14-/m0/s1. The van der Waals surface area contributed by atoms with E-state index in [9.17, 15) is 14.9 Å². The van der Waals surface area contributed by atoms with Crippen LogP contribution in [0.1, 0.15) is 43.6 Å². The molecular formula is C20H21N3O4. The Labute approximate surface area is 157 Å². The zero-order valence-corrected chi connectivity index (χ0v) is 15.6. The maximum absolute atomic E-state index is 12.2. The fourth-order valence-electron chi connectivity index (χ4n) is 2.21. The maximum Gasteiger partial charge on any atom is 0.349 e. The molecule has 0 saturated carbocycles. The number of rotatable bonds is 6. The Morgan fingerprint density at radius 3 is 2.44 bits per heavy atom. The summed E-state index contributed by atoms with van der Waals surface area (Å²) in [6, 6.07) is 10.9. The van der Waals surface area contributed by atoms with Gasteiger partial charge in [0.1, 0.15) is 17.4 Å². The monoisotopic (exact) mass is 367 g/mol. The third-order valence-corrected chi connectivity index (χ3v) is 3.79. The number of amides is 1. The number of nitrogens with zero attached hydrogens (tertiary/aromatic N) is 2. The van der Waals surface area contributed by atoms with Gasteiger partial charge in [-0.1, -0.05) is 43.3 Å². The molecule has 1 heterocycles. The summed E-state index contributed by atoms with van der Waals surface area (Å²) in [5.41, 5.74) is 1.66. The predicted octanol–water partition coefficient (Wildman–Crippen LogP) is 3.58. The van der Waals surface area contributed by atoms with Crippen molar-refractivity contribution in [1.29, 1.82) is 5.26 Å². The van der Waals surface area contributed by atoms with Crippen LogP contribution in [0, 0.1) is 18.3 Å². The minimum Gasteiger partial charge on any atom is -0.448 e. The van der Waals surface area contributed by atoms with Crippen molar-refractivity contribution < 1.29 is 18.8 Å². The number of hydrogen-bond acceptors (Lipinski definition) is 6. The predicted molar refractivity (Wildman–Crippen MR) is 99.5 cm³/mol. The Morgan fingerprint density at radius 1 is 1.26 bits per heavy atom. The van der Waals surface area contributed by atoms with Crippen LogP contribution in [0.4, 0.5) is 5.82 Å². The topological polar surface area (TPSA) is 105 Å². The highest BCUT2D eigenvalue weighted by molar-refractivity contribution is 6.00. The van der Waals surface area contributed by atoms with Gasteiger partial charge in [0.2, 0.25) is 0 Å². The lowest BCUT2D eigenvalue weighted by Crippen LogP contribution is -2.30. The molecule has 0 radical (unpaired) electrons. The van der Waals surface area contributed by atoms with Gasteiger partial charge in [0, 0.05) is 6.07 Å². The lowest BCUT2D eigenvalue weighted by atomic mass is 10.0. The maximum atomic E-state index is 12.2. The van der Waals surface area contributed by atoms with Crippen LogP contribution in [0.2, 0.25) is 0 Å². The molecule has 1 aromatic carbocycles. The van der Waals surface area contributed by atoms with Crippen LogP contribution < -0.4 is 5.32 Å². The molecule has 27 heavy (non-hydrogen) atoms. The summed E-state index contributed by atoms with van der Waals surface area (Å²) >= 11 is 0. The van der Waals surface area contributed by atoms with Gasteiger partial charge in [-0.2, -0.15) is 5.26 Å². The first-order chi connectivity index (χ1) is 12.8. The normalized spacial score (nSPS) is 12.4. The van der Waals surface area contributed by atoms with Crippen molar-refractivity contribution in [2.75, 3.05) is 5.32 Å². The molecule has 0 aliphatic carbocycles. The molecule has 0 spiro atoms. The second kappa shape index (κ2) is 8.81. The van der Waals surface area contributed by atoms with Gasteiger partial charge >= 0.3 is 5.97 Å². The first kappa shape index (κ1) is 19.9. The molecule has 0 fully saturated rings. The summed E-state index contributed by atoms with van der Waals surface area (Å²) in [6.07, 6.45) is 0.326. The lowest BCUT2D eigenvalue weighted by Gasteiger charge is -2.11. The largest absolute Gasteiger partial charge is 0.448 e. The number of hydrogen-bond donors (Lipinski definition) is 1. The minimum atomic E-state index is -1.10. The van der Waals surface area contributed by atoms with Gasteiger partial charge in [-0.3, -0.25) is 4.79 Å². The van der Waals surface area contributed by atoms with Crippen LogP contribution in [0.15, 0.2) is 40.4 Å². The highest BCUT2D eigenvalue weighted by atomic mass is 16.5. The summed E-state index contributed by atoms with van der Waals surface area (Å²) in [6.45, 7) is 7.25. The number of esters is 1. The van der Waals surface area contributed by atoms with Crippen molar-refractivity contribution in [1.82, 2.24) is 5.16 Å². The second-order valence-electron chi connectivity index (χ2n) is 6.35. The van der Waals surface area contributed by atoms with Gasteiger partial charge in [-0.05, 0) is 37.0 Å². The van der Waals surface area contributed by atoms with Crippen molar-refractivity contribution in [3.05, 3.63) is 52.8 Å². The lowest BCUT2D eigenvalue weighted by molar-refractivity contribution is -0.148. The molecule has 7 heteroatoms. The molecule has 1 N–H and O–H groups in total. The highest BCUT2D eigenvalue weighted by Crippen LogP contribution is 2.17. The van der Waals surface area contributed by atoms with E-state index in [-0.39, 0.29) is 11.4 Å². The quantitative estimate of drug-likeness (QED) is 0.475. The van der Waals surface area contributed by atoms with E-state index in [0.717, 1.165) is 5.56 Å². The Morgan fingerprint density at radius 2 is 1.93 bits per heavy atom. The molecule has 1 amide bonds. The van der Waals surface area contributed by atoms with Crippen LogP contribution >= 0.6 is 0 Å². The SMILES string of the molecule is Cc1cc(NC(=O)[C@H](C)OC(=O)/C(C#N)=C/c2ccc(C(C)C)cc2)no1. The molecule has 2 aromatic rings. The van der Waals surface area contributed by atoms with Crippen LogP contribution in [-0.4, -0.2) is 23.1 Å². The van der Waals surface area contributed by atoms with Crippen LogP contribution in [0.3, 0.4) is 0 Å². The zero-order valence-electron chi connectivity index (χ0n) is 15.6. The fraction of sp³-hybridized carbons (Fsp3) is 0.300. The van der Waals surface area contributed by atoms with Gasteiger partial charge in [-0.15, -0.1) is 0 Å². The van der Waals surface area contributed by atoms with Crippen LogP contribution in [-0.2, 0) is 14.3 Å². The highest BCUT2D eigenvalue weighted by Gasteiger charge is 2.21. The number of ether oxygens (including phenoxy) is 1. The number of aromatic nitrogens is 1. The fourth-order valence-corrected chi connectivity index (χ4v) is 2.21. The number of carbonyl (C=O) groups excluding carboxylic acids is 2. The molecule has 0 bridgehead atoms. The van der Waals surface area contributed by atoms with Gasteiger partial charge in [-0.25, -0.2) is 4.79 Å². The number of benzene rings is 1. The molecule has 7 nitrogen and oxygen atoms in total. The van der Waals surface area contributed by atoms with E-state index in [1.54, 1.807) is 6.92 Å². The van der Waals surface area contributed by atoms with E-state index in [4.69, 9.17) is 9.26 Å². The van der Waals surface area contributed by atoms with Crippen molar-refractivity contribution in [3.8, 4) is 6.07 Å². The minimum absolute atomic E-state index is 0.191. The van der Waals surface area contributed by atoms with Gasteiger partial charge in [0.15, 0.2) is 11.9 Å². The van der Waals surface area contributed by atoms with Crippen molar-refractivity contribution in [2.45, 2.75) is 39.7 Å². The summed E-state index contributed by atoms with van der Waals surface area (Å²) < 4.78 is 9.92. The smallest absolute Gasteiger partial charge is 0.349 e. The average molecular weight is 367 g/mol. The summed E-state index contributed by atoms with van der Waals surface area (Å²) in [7, 11) is 0. The van der Waals surface area contributed by atoms with Gasteiger partial charge in [0.25, 0.3) is 5.91 Å². The Kier molecular flexibility index (Phi) is 6.50. The molecule has 0 aliphatic rings. The number of anilines is 1. The van der Waals surface area contributed by atoms with Gasteiger partial charge < -0.3 is 14.6 Å². The molecule has 0 unspecified atom stereocenters. The van der Waals surface area contributed by atoms with Crippen molar-refractivity contribution >= 4 is 23.8 Å². The third-order valence-electron chi connectivity index (χ3n) is 3.79. The van der Waals surface area contributed by atoms with E-state index in [2.05, 4.69) is 24.3 Å². The second-order valence-corrected chi connectivity index (χ2v) is 6.35.